The molecule has 0 spiro atoms. The Morgan fingerprint density at radius 2 is 1.69 bits per heavy atom. The number of carbonyl (C=O) groups is 4. The first-order chi connectivity index (χ1) is 19.7. The normalized spacial score (nSPS) is 25.1. The van der Waals surface area contributed by atoms with Crippen molar-refractivity contribution < 1.29 is 39.6 Å². The van der Waals surface area contributed by atoms with Crippen LogP contribution in [-0.2, 0) is 20.8 Å². The van der Waals surface area contributed by atoms with Gasteiger partial charge in [0.2, 0.25) is 5.78 Å². The molecule has 0 aromatic heterocycles. The molecule has 0 heterocycles. The number of aromatic hydroxyl groups is 1. The Morgan fingerprint density at radius 3 is 2.26 bits per heavy atom. The molecule has 0 saturated heterocycles. The molecule has 0 radical (unpaired) electrons. The topological polar surface area (TPSA) is 194 Å². The van der Waals surface area contributed by atoms with E-state index in [2.05, 4.69) is 5.32 Å². The van der Waals surface area contributed by atoms with Crippen molar-refractivity contribution in [3.05, 3.63) is 70.0 Å². The number of hydrogen-bond donors (Lipinski definition) is 6. The fourth-order valence-electron chi connectivity index (χ4n) is 6.57. The van der Waals surface area contributed by atoms with E-state index in [0.717, 1.165) is 0 Å². The van der Waals surface area contributed by atoms with Gasteiger partial charge in [-0.2, -0.15) is 0 Å². The van der Waals surface area contributed by atoms with Crippen molar-refractivity contribution >= 4 is 40.5 Å². The van der Waals surface area contributed by atoms with Crippen molar-refractivity contribution in [1.82, 2.24) is 4.90 Å². The molecule has 0 bridgehead atoms. The number of phenols is 1. The minimum Gasteiger partial charge on any atom is -0.508 e. The lowest BCUT2D eigenvalue weighted by Gasteiger charge is -2.50. The van der Waals surface area contributed by atoms with Gasteiger partial charge in [0.1, 0.15) is 22.8 Å². The number of phenolic OH excluding ortho intramolecular Hbond substituents is 1. The summed E-state index contributed by atoms with van der Waals surface area (Å²) in [5.74, 6) is -7.90. The Kier molecular flexibility index (Phi) is 6.86. The van der Waals surface area contributed by atoms with E-state index in [-0.39, 0.29) is 29.7 Å². The molecule has 4 atom stereocenters. The number of likely N-dealkylation sites (N-methyl/N-ethyl adjacent to an activating group) is 1. The van der Waals surface area contributed by atoms with Gasteiger partial charge in [-0.3, -0.25) is 24.1 Å². The number of ketones is 2. The molecule has 2 amide bonds. The molecule has 0 aliphatic heterocycles. The number of rotatable bonds is 5. The Hall–Kier alpha value is -4.68. The molecule has 12 heteroatoms. The standard InChI is InChI=1S/C30H32N4O8/c1-33(2)18-12-17(32-29(41)13-8-6-5-7-9-13)23(35)20-15(18)10-14-11-16-22(34(3)4)25(37)21(28(31)40)27(39)30(16,42)26(38)19(14)24(20)36/h5-9,12,14,16,22,35-36,39,42H,10-11H2,1-4H3,(H2,31,40)(H,32,41)/t14?,16?,22-,30-/m0/s1. The van der Waals surface area contributed by atoms with E-state index in [0.29, 0.717) is 16.8 Å². The number of primary amides is 1. The largest absolute Gasteiger partial charge is 0.508 e. The molecule has 12 nitrogen and oxygen atoms in total. The number of anilines is 2. The number of nitrogens with two attached hydrogens (primary N) is 1. The maximum Gasteiger partial charge on any atom is 0.255 e. The highest BCUT2D eigenvalue weighted by molar-refractivity contribution is 6.24. The fraction of sp³-hybridized carbons (Fsp3) is 0.333. The summed E-state index contributed by atoms with van der Waals surface area (Å²) in [7, 11) is 6.57. The van der Waals surface area contributed by atoms with Crippen molar-refractivity contribution in [3.8, 4) is 5.75 Å². The number of aliphatic hydroxyl groups is 3. The summed E-state index contributed by atoms with van der Waals surface area (Å²) in [6.45, 7) is 0. The molecule has 2 unspecified atom stereocenters. The molecular weight excluding hydrogens is 544 g/mol. The predicted octanol–water partition coefficient (Wildman–Crippen LogP) is 1.28. The average molecular weight is 577 g/mol. The molecular formula is C30H32N4O8. The lowest BCUT2D eigenvalue weighted by atomic mass is 9.57. The molecule has 42 heavy (non-hydrogen) atoms. The van der Waals surface area contributed by atoms with Crippen LogP contribution in [0.2, 0.25) is 0 Å². The van der Waals surface area contributed by atoms with Crippen LogP contribution in [0, 0.1) is 11.8 Å². The summed E-state index contributed by atoms with van der Waals surface area (Å²) >= 11 is 0. The molecule has 1 fully saturated rings. The van der Waals surface area contributed by atoms with Gasteiger partial charge in [-0.1, -0.05) is 18.2 Å². The SMILES string of the molecule is CN(C)c1cc(NC(=O)c2ccccc2)c(O)c2c1CC1CC3[C@H](N(C)C)C(=O)C(C(N)=O)=C(O)[C@@]3(O)C(=O)C1=C2O. The van der Waals surface area contributed by atoms with Crippen LogP contribution < -0.4 is 16.0 Å². The van der Waals surface area contributed by atoms with E-state index in [9.17, 15) is 39.6 Å². The first-order valence-corrected chi connectivity index (χ1v) is 13.3. The minimum absolute atomic E-state index is 0.0218. The second-order valence-corrected chi connectivity index (χ2v) is 11.3. The fourth-order valence-corrected chi connectivity index (χ4v) is 6.57. The number of benzene rings is 2. The third-order valence-electron chi connectivity index (χ3n) is 8.46. The molecule has 1 saturated carbocycles. The molecule has 3 aliphatic rings. The summed E-state index contributed by atoms with van der Waals surface area (Å²) in [6, 6.07) is 8.70. The van der Waals surface area contributed by atoms with Gasteiger partial charge in [0, 0.05) is 36.8 Å². The van der Waals surface area contributed by atoms with Crippen LogP contribution in [0.15, 0.2) is 53.3 Å². The van der Waals surface area contributed by atoms with Crippen molar-refractivity contribution in [1.29, 1.82) is 0 Å². The number of carbonyl (C=O) groups excluding carboxylic acids is 4. The summed E-state index contributed by atoms with van der Waals surface area (Å²) in [6.07, 6.45) is 0.106. The van der Waals surface area contributed by atoms with Gasteiger partial charge < -0.3 is 36.4 Å². The van der Waals surface area contributed by atoms with Gasteiger partial charge in [-0.25, -0.2) is 0 Å². The van der Waals surface area contributed by atoms with Crippen LogP contribution in [-0.4, -0.2) is 88.5 Å². The van der Waals surface area contributed by atoms with Gasteiger partial charge in [-0.05, 0) is 56.6 Å². The van der Waals surface area contributed by atoms with E-state index in [1.54, 1.807) is 69.5 Å². The maximum atomic E-state index is 14.1. The number of Topliss-reactive ketones (excluding diaryl/α,β-unsaturated/α-hetero) is 2. The van der Waals surface area contributed by atoms with Crippen LogP contribution in [0.3, 0.4) is 0 Å². The summed E-state index contributed by atoms with van der Waals surface area (Å²) < 4.78 is 0. The van der Waals surface area contributed by atoms with Crippen LogP contribution in [0.5, 0.6) is 5.75 Å². The quantitative estimate of drug-likeness (QED) is 0.223. The van der Waals surface area contributed by atoms with Gasteiger partial charge in [0.05, 0.1) is 17.3 Å². The average Bonchev–Trinajstić information content (AvgIpc) is 2.92. The lowest BCUT2D eigenvalue weighted by molar-refractivity contribution is -0.153. The first-order valence-electron chi connectivity index (χ1n) is 13.3. The Bertz CT molecular complexity index is 1610. The molecule has 3 aliphatic carbocycles. The first kappa shape index (κ1) is 28.8. The van der Waals surface area contributed by atoms with Crippen LogP contribution in [0.1, 0.15) is 27.9 Å². The Balaban J connectivity index is 1.70. The van der Waals surface area contributed by atoms with Crippen molar-refractivity contribution in [2.24, 2.45) is 17.6 Å². The van der Waals surface area contributed by atoms with Crippen LogP contribution in [0.25, 0.3) is 5.76 Å². The third kappa shape index (κ3) is 4.05. The highest BCUT2D eigenvalue weighted by Gasteiger charge is 2.64. The third-order valence-corrected chi connectivity index (χ3v) is 8.46. The van der Waals surface area contributed by atoms with E-state index in [1.807, 2.05) is 0 Å². The highest BCUT2D eigenvalue weighted by Crippen LogP contribution is 2.54. The summed E-state index contributed by atoms with van der Waals surface area (Å²) in [5.41, 5.74) is 2.72. The minimum atomic E-state index is -2.73. The highest BCUT2D eigenvalue weighted by atomic mass is 16.3. The number of fused-ring (bicyclic) bond motifs is 3. The van der Waals surface area contributed by atoms with Crippen LogP contribution >= 0.6 is 0 Å². The predicted molar refractivity (Wildman–Crippen MR) is 153 cm³/mol. The lowest BCUT2D eigenvalue weighted by Crippen LogP contribution is -2.65. The monoisotopic (exact) mass is 576 g/mol. The summed E-state index contributed by atoms with van der Waals surface area (Å²) in [4.78, 5) is 55.6. The van der Waals surface area contributed by atoms with Crippen molar-refractivity contribution in [2.45, 2.75) is 24.5 Å². The number of aliphatic hydroxyl groups excluding tert-OH is 2. The van der Waals surface area contributed by atoms with Crippen molar-refractivity contribution in [2.75, 3.05) is 38.4 Å². The number of hydrogen-bond acceptors (Lipinski definition) is 10. The van der Waals surface area contributed by atoms with Gasteiger partial charge in [0.15, 0.2) is 11.4 Å². The number of nitrogens with one attached hydrogen (secondary N) is 1. The molecule has 5 rings (SSSR count). The second kappa shape index (κ2) is 10.00. The summed E-state index contributed by atoms with van der Waals surface area (Å²) in [5, 5.41) is 48.3. The maximum absolute atomic E-state index is 14.1. The van der Waals surface area contributed by atoms with E-state index >= 15 is 0 Å². The van der Waals surface area contributed by atoms with E-state index in [1.165, 1.54) is 4.90 Å². The smallest absolute Gasteiger partial charge is 0.255 e. The second-order valence-electron chi connectivity index (χ2n) is 11.3. The van der Waals surface area contributed by atoms with E-state index < -0.39 is 69.7 Å². The van der Waals surface area contributed by atoms with Crippen LogP contribution in [0.4, 0.5) is 11.4 Å². The Labute approximate surface area is 241 Å². The van der Waals surface area contributed by atoms with Gasteiger partial charge in [-0.15, -0.1) is 0 Å². The molecule has 2 aromatic carbocycles. The zero-order valence-corrected chi connectivity index (χ0v) is 23.5. The number of nitrogens with zero attached hydrogens (tertiary/aromatic N) is 2. The zero-order valence-electron chi connectivity index (χ0n) is 23.5. The molecule has 2 aromatic rings. The van der Waals surface area contributed by atoms with Gasteiger partial charge >= 0.3 is 0 Å². The number of amides is 2. The Morgan fingerprint density at radius 1 is 1.05 bits per heavy atom. The van der Waals surface area contributed by atoms with Gasteiger partial charge in [0.25, 0.3) is 11.8 Å². The molecule has 220 valence electrons. The molecule has 7 N–H and O–H groups in total. The zero-order chi connectivity index (χ0) is 30.8. The van der Waals surface area contributed by atoms with Crippen molar-refractivity contribution in [3.63, 3.8) is 0 Å². The van der Waals surface area contributed by atoms with E-state index in [4.69, 9.17) is 5.73 Å².